The first kappa shape index (κ1) is 9.36. The van der Waals surface area contributed by atoms with E-state index in [1.165, 1.54) is 6.33 Å². The molecule has 5 nitrogen and oxygen atoms in total. The van der Waals surface area contributed by atoms with Crippen LogP contribution in [-0.4, -0.2) is 16.2 Å². The van der Waals surface area contributed by atoms with Crippen molar-refractivity contribution in [2.75, 3.05) is 6.61 Å². The van der Waals surface area contributed by atoms with E-state index in [-0.39, 0.29) is 18.3 Å². The molecule has 1 aromatic rings. The summed E-state index contributed by atoms with van der Waals surface area (Å²) in [6, 6.07) is 0. The summed E-state index contributed by atoms with van der Waals surface area (Å²) in [5.74, 6) is 0. The molecular formula is C9H13N3O2. The van der Waals surface area contributed by atoms with Gasteiger partial charge in [0.05, 0.1) is 0 Å². The Morgan fingerprint density at radius 1 is 1.71 bits per heavy atom. The van der Waals surface area contributed by atoms with Gasteiger partial charge >= 0.3 is 0 Å². The molecule has 1 aliphatic rings. The van der Waals surface area contributed by atoms with Crippen molar-refractivity contribution < 1.29 is 4.74 Å². The van der Waals surface area contributed by atoms with E-state index in [4.69, 9.17) is 10.5 Å². The van der Waals surface area contributed by atoms with E-state index in [9.17, 15) is 4.79 Å². The largest absolute Gasteiger partial charge is 0.358 e. The van der Waals surface area contributed by atoms with E-state index < -0.39 is 0 Å². The highest BCUT2D eigenvalue weighted by atomic mass is 16.5. The lowest BCUT2D eigenvalue weighted by atomic mass is 10.3. The van der Waals surface area contributed by atoms with Gasteiger partial charge in [0.1, 0.15) is 12.6 Å². The van der Waals surface area contributed by atoms with E-state index in [1.807, 2.05) is 4.57 Å². The maximum Gasteiger partial charge on any atom is 0.277 e. The van der Waals surface area contributed by atoms with Crippen LogP contribution in [0.25, 0.3) is 0 Å². The summed E-state index contributed by atoms with van der Waals surface area (Å²) < 4.78 is 7.27. The van der Waals surface area contributed by atoms with Crippen molar-refractivity contribution in [2.45, 2.75) is 25.6 Å². The molecule has 2 N–H and O–H groups in total. The molecule has 0 aliphatic carbocycles. The van der Waals surface area contributed by atoms with E-state index in [0.717, 1.165) is 19.4 Å². The topological polar surface area (TPSA) is 70.1 Å². The second-order valence-corrected chi connectivity index (χ2v) is 3.32. The maximum absolute atomic E-state index is 11.2. The van der Waals surface area contributed by atoms with E-state index >= 15 is 0 Å². The second kappa shape index (κ2) is 3.89. The van der Waals surface area contributed by atoms with Crippen LogP contribution in [0.1, 0.15) is 24.6 Å². The highest BCUT2D eigenvalue weighted by Gasteiger charge is 2.16. The molecule has 0 saturated carbocycles. The number of nitrogens with two attached hydrogens (primary N) is 1. The van der Waals surface area contributed by atoms with Gasteiger partial charge in [-0.2, -0.15) is 4.98 Å². The third-order valence-electron chi connectivity index (χ3n) is 2.35. The van der Waals surface area contributed by atoms with Gasteiger partial charge < -0.3 is 15.0 Å². The Kier molecular flexibility index (Phi) is 2.60. The van der Waals surface area contributed by atoms with Crippen LogP contribution >= 0.6 is 0 Å². The quantitative estimate of drug-likeness (QED) is 0.721. The molecule has 1 saturated heterocycles. The number of rotatable bonds is 2. The molecule has 2 rings (SSSR count). The van der Waals surface area contributed by atoms with Gasteiger partial charge in [0.15, 0.2) is 0 Å². The standard InChI is InChI=1S/C9H13N3O2/c10-4-7-5-12(6-11-9(7)13)8-2-1-3-14-8/h5-6,8H,1-4,10H2. The first-order valence-electron chi connectivity index (χ1n) is 4.69. The molecule has 1 fully saturated rings. The minimum absolute atomic E-state index is 0.0217. The molecule has 1 aromatic heterocycles. The molecule has 0 spiro atoms. The van der Waals surface area contributed by atoms with Crippen LogP contribution in [0, 0.1) is 0 Å². The van der Waals surface area contributed by atoms with E-state index in [0.29, 0.717) is 5.56 Å². The van der Waals surface area contributed by atoms with Crippen LogP contribution in [0.15, 0.2) is 17.3 Å². The van der Waals surface area contributed by atoms with Crippen LogP contribution < -0.4 is 11.3 Å². The molecule has 5 heteroatoms. The van der Waals surface area contributed by atoms with Gasteiger partial charge in [0, 0.05) is 24.9 Å². The fraction of sp³-hybridized carbons (Fsp3) is 0.556. The molecule has 1 unspecified atom stereocenters. The fourth-order valence-electron chi connectivity index (χ4n) is 1.56. The Hall–Kier alpha value is -1.20. The highest BCUT2D eigenvalue weighted by Crippen LogP contribution is 2.21. The number of aromatic nitrogens is 2. The van der Waals surface area contributed by atoms with Crippen LogP contribution in [0.4, 0.5) is 0 Å². The monoisotopic (exact) mass is 195 g/mol. The van der Waals surface area contributed by atoms with Crippen LogP contribution in [0.2, 0.25) is 0 Å². The van der Waals surface area contributed by atoms with Gasteiger partial charge in [0.25, 0.3) is 5.56 Å². The Morgan fingerprint density at radius 3 is 3.21 bits per heavy atom. The predicted molar refractivity (Wildman–Crippen MR) is 50.6 cm³/mol. The average molecular weight is 195 g/mol. The van der Waals surface area contributed by atoms with Gasteiger partial charge in [-0.05, 0) is 12.8 Å². The summed E-state index contributed by atoms with van der Waals surface area (Å²) >= 11 is 0. The Labute approximate surface area is 81.5 Å². The summed E-state index contributed by atoms with van der Waals surface area (Å²) in [6.45, 7) is 0.994. The number of ether oxygens (including phenoxy) is 1. The normalized spacial score (nSPS) is 21.4. The van der Waals surface area contributed by atoms with Gasteiger partial charge in [-0.3, -0.25) is 4.79 Å². The molecular weight excluding hydrogens is 182 g/mol. The van der Waals surface area contributed by atoms with Crippen molar-refractivity contribution in [3.05, 3.63) is 28.4 Å². The first-order valence-corrected chi connectivity index (χ1v) is 4.69. The minimum atomic E-state index is -0.248. The van der Waals surface area contributed by atoms with Crippen molar-refractivity contribution in [1.29, 1.82) is 0 Å². The Bertz CT molecular complexity index is 369. The van der Waals surface area contributed by atoms with Gasteiger partial charge in [-0.15, -0.1) is 0 Å². The number of nitrogens with zero attached hydrogens (tertiary/aromatic N) is 2. The Morgan fingerprint density at radius 2 is 2.57 bits per heavy atom. The third-order valence-corrected chi connectivity index (χ3v) is 2.35. The lowest BCUT2D eigenvalue weighted by Crippen LogP contribution is -2.20. The van der Waals surface area contributed by atoms with Crippen LogP contribution in [-0.2, 0) is 11.3 Å². The summed E-state index contributed by atoms with van der Waals surface area (Å²) in [4.78, 5) is 14.9. The molecule has 0 aromatic carbocycles. The van der Waals surface area contributed by atoms with Crippen molar-refractivity contribution >= 4 is 0 Å². The zero-order valence-corrected chi connectivity index (χ0v) is 7.85. The predicted octanol–water partition coefficient (Wildman–Crippen LogP) is 0.0110. The SMILES string of the molecule is NCc1cn(C2CCCO2)cnc1=O. The summed E-state index contributed by atoms with van der Waals surface area (Å²) in [7, 11) is 0. The van der Waals surface area contributed by atoms with Gasteiger partial charge in [-0.25, -0.2) is 0 Å². The number of hydrogen-bond acceptors (Lipinski definition) is 4. The van der Waals surface area contributed by atoms with Crippen LogP contribution in [0.3, 0.4) is 0 Å². The second-order valence-electron chi connectivity index (χ2n) is 3.32. The molecule has 14 heavy (non-hydrogen) atoms. The lowest BCUT2D eigenvalue weighted by molar-refractivity contribution is 0.0551. The Balaban J connectivity index is 2.30. The average Bonchev–Trinajstić information content (AvgIpc) is 2.71. The minimum Gasteiger partial charge on any atom is -0.358 e. The van der Waals surface area contributed by atoms with E-state index in [1.54, 1.807) is 6.20 Å². The third kappa shape index (κ3) is 1.69. The smallest absolute Gasteiger partial charge is 0.277 e. The highest BCUT2D eigenvalue weighted by molar-refractivity contribution is 5.03. The molecule has 0 radical (unpaired) electrons. The first-order chi connectivity index (χ1) is 6.81. The molecule has 1 aliphatic heterocycles. The molecule has 1 atom stereocenters. The van der Waals surface area contributed by atoms with Gasteiger partial charge in [-0.1, -0.05) is 0 Å². The summed E-state index contributed by atoms with van der Waals surface area (Å²) in [5, 5.41) is 0. The van der Waals surface area contributed by atoms with Crippen molar-refractivity contribution in [2.24, 2.45) is 5.73 Å². The maximum atomic E-state index is 11.2. The summed E-state index contributed by atoms with van der Waals surface area (Å²) in [5.41, 5.74) is 5.71. The lowest BCUT2D eigenvalue weighted by Gasteiger charge is -2.13. The molecule has 0 amide bonds. The fourth-order valence-corrected chi connectivity index (χ4v) is 1.56. The van der Waals surface area contributed by atoms with Crippen molar-refractivity contribution in [3.63, 3.8) is 0 Å². The molecule has 0 bridgehead atoms. The van der Waals surface area contributed by atoms with Gasteiger partial charge in [0.2, 0.25) is 0 Å². The zero-order chi connectivity index (χ0) is 9.97. The summed E-state index contributed by atoms with van der Waals surface area (Å²) in [6.07, 6.45) is 5.28. The van der Waals surface area contributed by atoms with Crippen molar-refractivity contribution in [3.8, 4) is 0 Å². The zero-order valence-electron chi connectivity index (χ0n) is 7.85. The van der Waals surface area contributed by atoms with E-state index in [2.05, 4.69) is 4.98 Å². The molecule has 2 heterocycles. The van der Waals surface area contributed by atoms with Crippen LogP contribution in [0.5, 0.6) is 0 Å². The van der Waals surface area contributed by atoms with Crippen molar-refractivity contribution in [1.82, 2.24) is 9.55 Å². The number of hydrogen-bond donors (Lipinski definition) is 1. The molecule has 76 valence electrons.